The highest BCUT2D eigenvalue weighted by atomic mass is 15.2. The molecule has 2 aliphatic heterocycles. The predicted octanol–water partition coefficient (Wildman–Crippen LogP) is 2.70. The Labute approximate surface area is 103 Å². The van der Waals surface area contributed by atoms with Crippen LogP contribution in [0.2, 0.25) is 0 Å². The lowest BCUT2D eigenvalue weighted by atomic mass is 9.71. The van der Waals surface area contributed by atoms with Crippen molar-refractivity contribution in [2.45, 2.75) is 43.2 Å². The summed E-state index contributed by atoms with van der Waals surface area (Å²) in [7, 11) is 2.22. The van der Waals surface area contributed by atoms with E-state index in [2.05, 4.69) is 42.3 Å². The first-order valence-corrected chi connectivity index (χ1v) is 6.44. The van der Waals surface area contributed by atoms with Gasteiger partial charge in [0.15, 0.2) is 0 Å². The summed E-state index contributed by atoms with van der Waals surface area (Å²) < 4.78 is 0. The van der Waals surface area contributed by atoms with E-state index in [4.69, 9.17) is 0 Å². The number of rotatable bonds is 1. The molecule has 2 unspecified atom stereocenters. The standard InChI is InChI=1S/C15H18N2/c1-17-13-7-8-14(17)10-15(9-13,11-16)12-5-3-2-4-6-12/h2-6,13-14H,7-10H2,1H3. The van der Waals surface area contributed by atoms with Gasteiger partial charge in [-0.05, 0) is 38.3 Å². The van der Waals surface area contributed by atoms with Crippen LogP contribution in [0, 0.1) is 11.3 Å². The fourth-order valence-electron chi connectivity index (χ4n) is 3.62. The predicted molar refractivity (Wildman–Crippen MR) is 67.5 cm³/mol. The summed E-state index contributed by atoms with van der Waals surface area (Å²) in [4.78, 5) is 2.48. The van der Waals surface area contributed by atoms with E-state index in [9.17, 15) is 5.26 Å². The SMILES string of the molecule is CN1C2CCC1CC(C#N)(c1ccccc1)C2. The van der Waals surface area contributed by atoms with Crippen LogP contribution in [0.4, 0.5) is 0 Å². The Bertz CT molecular complexity index is 432. The molecule has 88 valence electrons. The van der Waals surface area contributed by atoms with Gasteiger partial charge in [0.2, 0.25) is 0 Å². The second-order valence-corrected chi connectivity index (χ2v) is 5.52. The van der Waals surface area contributed by atoms with Crippen LogP contribution in [0.1, 0.15) is 31.2 Å². The maximum atomic E-state index is 9.68. The molecule has 2 nitrogen and oxygen atoms in total. The van der Waals surface area contributed by atoms with Crippen LogP contribution < -0.4 is 0 Å². The van der Waals surface area contributed by atoms with E-state index in [-0.39, 0.29) is 5.41 Å². The molecule has 0 saturated carbocycles. The third-order valence-electron chi connectivity index (χ3n) is 4.69. The maximum Gasteiger partial charge on any atom is 0.0852 e. The van der Waals surface area contributed by atoms with Crippen molar-refractivity contribution in [3.63, 3.8) is 0 Å². The van der Waals surface area contributed by atoms with Gasteiger partial charge in [-0.25, -0.2) is 0 Å². The molecule has 0 N–H and O–H groups in total. The van der Waals surface area contributed by atoms with Crippen molar-refractivity contribution in [2.24, 2.45) is 0 Å². The molecule has 1 aromatic rings. The maximum absolute atomic E-state index is 9.68. The highest BCUT2D eigenvalue weighted by molar-refractivity contribution is 5.34. The summed E-state index contributed by atoms with van der Waals surface area (Å²) in [6, 6.07) is 14.2. The van der Waals surface area contributed by atoms with Crippen LogP contribution in [0.3, 0.4) is 0 Å². The van der Waals surface area contributed by atoms with Crippen molar-refractivity contribution in [1.82, 2.24) is 4.90 Å². The molecular weight excluding hydrogens is 208 g/mol. The Morgan fingerprint density at radius 1 is 1.18 bits per heavy atom. The second-order valence-electron chi connectivity index (χ2n) is 5.52. The molecule has 2 saturated heterocycles. The van der Waals surface area contributed by atoms with E-state index in [1.54, 1.807) is 0 Å². The number of benzene rings is 1. The molecule has 0 amide bonds. The average Bonchev–Trinajstić information content (AvgIpc) is 2.63. The van der Waals surface area contributed by atoms with Gasteiger partial charge in [0, 0.05) is 12.1 Å². The molecule has 2 fully saturated rings. The Hall–Kier alpha value is -1.33. The summed E-state index contributed by atoms with van der Waals surface area (Å²) in [5, 5.41) is 9.68. The van der Waals surface area contributed by atoms with E-state index in [1.807, 2.05) is 6.07 Å². The van der Waals surface area contributed by atoms with Gasteiger partial charge in [-0.2, -0.15) is 5.26 Å². The molecule has 2 bridgehead atoms. The molecule has 17 heavy (non-hydrogen) atoms. The number of nitrogens with zero attached hydrogens (tertiary/aromatic N) is 2. The summed E-state index contributed by atoms with van der Waals surface area (Å²) in [6.45, 7) is 0. The fourth-order valence-corrected chi connectivity index (χ4v) is 3.62. The van der Waals surface area contributed by atoms with Gasteiger partial charge in [-0.1, -0.05) is 30.3 Å². The summed E-state index contributed by atoms with van der Waals surface area (Å²) in [5.74, 6) is 0. The topological polar surface area (TPSA) is 27.0 Å². The Morgan fingerprint density at radius 3 is 2.29 bits per heavy atom. The van der Waals surface area contributed by atoms with Crippen LogP contribution in [-0.2, 0) is 5.41 Å². The minimum atomic E-state index is -0.237. The lowest BCUT2D eigenvalue weighted by Crippen LogP contribution is -2.47. The van der Waals surface area contributed by atoms with Crippen molar-refractivity contribution >= 4 is 0 Å². The van der Waals surface area contributed by atoms with Gasteiger partial charge >= 0.3 is 0 Å². The Kier molecular flexibility index (Phi) is 2.45. The minimum Gasteiger partial charge on any atom is -0.300 e. The Balaban J connectivity index is 1.98. The van der Waals surface area contributed by atoms with E-state index in [1.165, 1.54) is 18.4 Å². The summed E-state index contributed by atoms with van der Waals surface area (Å²) >= 11 is 0. The molecule has 0 aliphatic carbocycles. The van der Waals surface area contributed by atoms with Crippen molar-refractivity contribution in [3.05, 3.63) is 35.9 Å². The van der Waals surface area contributed by atoms with E-state index < -0.39 is 0 Å². The first kappa shape index (κ1) is 10.8. The van der Waals surface area contributed by atoms with Gasteiger partial charge in [-0.3, -0.25) is 0 Å². The smallest absolute Gasteiger partial charge is 0.0852 e. The molecule has 2 heterocycles. The van der Waals surface area contributed by atoms with Gasteiger partial charge in [0.05, 0.1) is 11.5 Å². The van der Waals surface area contributed by atoms with Crippen LogP contribution in [0.25, 0.3) is 0 Å². The molecule has 1 aromatic carbocycles. The van der Waals surface area contributed by atoms with Gasteiger partial charge in [0.1, 0.15) is 0 Å². The van der Waals surface area contributed by atoms with Crippen molar-refractivity contribution in [3.8, 4) is 6.07 Å². The van der Waals surface area contributed by atoms with Crippen LogP contribution >= 0.6 is 0 Å². The highest BCUT2D eigenvalue weighted by Gasteiger charge is 2.47. The number of fused-ring (bicyclic) bond motifs is 2. The molecule has 2 aliphatic rings. The monoisotopic (exact) mass is 226 g/mol. The first-order chi connectivity index (χ1) is 8.25. The fraction of sp³-hybridized carbons (Fsp3) is 0.533. The quantitative estimate of drug-likeness (QED) is 0.736. The van der Waals surface area contributed by atoms with Crippen LogP contribution in [0.5, 0.6) is 0 Å². The molecule has 0 radical (unpaired) electrons. The summed E-state index contributed by atoms with van der Waals surface area (Å²) in [6.07, 6.45) is 4.52. The van der Waals surface area contributed by atoms with Gasteiger partial charge < -0.3 is 4.90 Å². The van der Waals surface area contributed by atoms with Gasteiger partial charge in [0.25, 0.3) is 0 Å². The summed E-state index contributed by atoms with van der Waals surface area (Å²) in [5.41, 5.74) is 0.979. The average molecular weight is 226 g/mol. The van der Waals surface area contributed by atoms with Gasteiger partial charge in [-0.15, -0.1) is 0 Å². The normalized spacial score (nSPS) is 36.7. The molecule has 0 spiro atoms. The van der Waals surface area contributed by atoms with Crippen molar-refractivity contribution in [1.29, 1.82) is 5.26 Å². The lowest BCUT2D eigenvalue weighted by Gasteiger charge is -2.41. The van der Waals surface area contributed by atoms with Crippen molar-refractivity contribution < 1.29 is 0 Å². The number of nitriles is 1. The zero-order valence-corrected chi connectivity index (χ0v) is 10.3. The van der Waals surface area contributed by atoms with Crippen LogP contribution in [0.15, 0.2) is 30.3 Å². The zero-order chi connectivity index (χ0) is 11.9. The highest BCUT2D eigenvalue weighted by Crippen LogP contribution is 2.46. The van der Waals surface area contributed by atoms with Crippen LogP contribution in [-0.4, -0.2) is 24.0 Å². The largest absolute Gasteiger partial charge is 0.300 e. The number of piperidine rings is 1. The zero-order valence-electron chi connectivity index (χ0n) is 10.3. The number of hydrogen-bond acceptors (Lipinski definition) is 2. The van der Waals surface area contributed by atoms with Crippen molar-refractivity contribution in [2.75, 3.05) is 7.05 Å². The second kappa shape index (κ2) is 3.85. The third-order valence-corrected chi connectivity index (χ3v) is 4.69. The molecule has 2 heteroatoms. The first-order valence-electron chi connectivity index (χ1n) is 6.44. The Morgan fingerprint density at radius 2 is 1.76 bits per heavy atom. The van der Waals surface area contributed by atoms with E-state index in [0.29, 0.717) is 12.1 Å². The van der Waals surface area contributed by atoms with E-state index in [0.717, 1.165) is 12.8 Å². The molecular formula is C15H18N2. The molecule has 0 aromatic heterocycles. The molecule has 2 atom stereocenters. The number of hydrogen-bond donors (Lipinski definition) is 0. The molecule has 3 rings (SSSR count). The third kappa shape index (κ3) is 1.57. The van der Waals surface area contributed by atoms with E-state index >= 15 is 0 Å². The minimum absolute atomic E-state index is 0.237. The lowest BCUT2D eigenvalue weighted by molar-refractivity contribution is 0.136.